The van der Waals surface area contributed by atoms with E-state index in [9.17, 15) is 0 Å². The zero-order chi connectivity index (χ0) is 13.9. The van der Waals surface area contributed by atoms with Crippen molar-refractivity contribution < 1.29 is 0 Å². The van der Waals surface area contributed by atoms with Crippen molar-refractivity contribution in [3.8, 4) is 0 Å². The van der Waals surface area contributed by atoms with Crippen molar-refractivity contribution in [3.63, 3.8) is 0 Å². The van der Waals surface area contributed by atoms with E-state index in [2.05, 4.69) is 20.9 Å². The lowest BCUT2D eigenvalue weighted by molar-refractivity contribution is 0.820. The zero-order valence-corrected chi connectivity index (χ0v) is 12.6. The largest absolute Gasteiger partial charge is 0.326 e. The summed E-state index contributed by atoms with van der Waals surface area (Å²) in [6.07, 6.45) is 2.04. The quantitative estimate of drug-likeness (QED) is 0.757. The van der Waals surface area contributed by atoms with Crippen molar-refractivity contribution >= 4 is 34.6 Å². The highest BCUT2D eigenvalue weighted by atomic mass is 35.5. The van der Waals surface area contributed by atoms with Gasteiger partial charge in [-0.3, -0.25) is 0 Å². The van der Waals surface area contributed by atoms with Crippen molar-refractivity contribution in [1.29, 1.82) is 0 Å². The molecule has 3 nitrogen and oxygen atoms in total. The van der Waals surface area contributed by atoms with Gasteiger partial charge in [-0.1, -0.05) is 29.8 Å². The maximum atomic E-state index is 5.98. The molecule has 20 heavy (non-hydrogen) atoms. The van der Waals surface area contributed by atoms with Crippen LogP contribution in [0.2, 0.25) is 4.34 Å². The van der Waals surface area contributed by atoms with Crippen LogP contribution in [-0.2, 0) is 6.54 Å². The molecule has 2 aromatic heterocycles. The number of imidazole rings is 1. The number of hydrogen-bond acceptors (Lipinski definition) is 3. The second-order valence-corrected chi connectivity index (χ2v) is 6.33. The fourth-order valence-corrected chi connectivity index (χ4v) is 3.11. The maximum Gasteiger partial charge on any atom is 0.207 e. The molecule has 0 saturated carbocycles. The van der Waals surface area contributed by atoms with E-state index in [4.69, 9.17) is 11.6 Å². The van der Waals surface area contributed by atoms with Crippen LogP contribution in [0.3, 0.4) is 0 Å². The summed E-state index contributed by atoms with van der Waals surface area (Å²) in [5.74, 6) is 0.846. The van der Waals surface area contributed by atoms with Crippen molar-refractivity contribution in [2.75, 3.05) is 5.32 Å². The predicted molar refractivity (Wildman–Crippen MR) is 85.1 cm³/mol. The molecule has 0 saturated heterocycles. The Kier molecular flexibility index (Phi) is 3.76. The highest BCUT2D eigenvalue weighted by Crippen LogP contribution is 2.24. The van der Waals surface area contributed by atoms with E-state index in [0.717, 1.165) is 28.2 Å². The van der Waals surface area contributed by atoms with E-state index < -0.39 is 0 Å². The third kappa shape index (κ3) is 3.03. The summed E-state index contributed by atoms with van der Waals surface area (Å²) in [6.45, 7) is 2.77. The lowest BCUT2D eigenvalue weighted by Crippen LogP contribution is -2.03. The lowest BCUT2D eigenvalue weighted by Gasteiger charge is -2.08. The summed E-state index contributed by atoms with van der Waals surface area (Å²) >= 11 is 7.58. The minimum absolute atomic E-state index is 0.771. The number of aryl methyl sites for hydroxylation is 1. The topological polar surface area (TPSA) is 29.9 Å². The zero-order valence-electron chi connectivity index (χ0n) is 11.0. The van der Waals surface area contributed by atoms with Gasteiger partial charge in [-0.15, -0.1) is 11.3 Å². The van der Waals surface area contributed by atoms with Crippen LogP contribution in [0.4, 0.5) is 11.6 Å². The number of halogens is 1. The van der Waals surface area contributed by atoms with Crippen LogP contribution in [0, 0.1) is 6.92 Å². The molecule has 3 rings (SSSR count). The molecule has 0 fully saturated rings. The Bertz CT molecular complexity index is 703. The van der Waals surface area contributed by atoms with Crippen LogP contribution < -0.4 is 5.32 Å². The summed E-state index contributed by atoms with van der Waals surface area (Å²) in [7, 11) is 0. The molecule has 3 aromatic rings. The Labute approximate surface area is 126 Å². The SMILES string of the molecule is Cc1cn(Cc2ccc(Cl)s2)c(Nc2ccccc2)n1. The van der Waals surface area contributed by atoms with E-state index >= 15 is 0 Å². The number of nitrogens with zero attached hydrogens (tertiary/aromatic N) is 2. The molecule has 102 valence electrons. The minimum atomic E-state index is 0.771. The first kappa shape index (κ1) is 13.2. The van der Waals surface area contributed by atoms with E-state index in [1.807, 2.05) is 49.5 Å². The van der Waals surface area contributed by atoms with Gasteiger partial charge < -0.3 is 9.88 Å². The van der Waals surface area contributed by atoms with Gasteiger partial charge in [0, 0.05) is 16.8 Å². The Balaban J connectivity index is 1.84. The second kappa shape index (κ2) is 5.69. The molecule has 0 aliphatic heterocycles. The summed E-state index contributed by atoms with van der Waals surface area (Å²) in [6, 6.07) is 14.0. The molecule has 2 heterocycles. The fraction of sp³-hybridized carbons (Fsp3) is 0.133. The molecule has 1 N–H and O–H groups in total. The second-order valence-electron chi connectivity index (χ2n) is 4.53. The summed E-state index contributed by atoms with van der Waals surface area (Å²) in [5.41, 5.74) is 2.02. The first-order valence-electron chi connectivity index (χ1n) is 6.31. The normalized spacial score (nSPS) is 10.7. The third-order valence-electron chi connectivity index (χ3n) is 2.88. The van der Waals surface area contributed by atoms with Gasteiger partial charge in [0.1, 0.15) is 0 Å². The minimum Gasteiger partial charge on any atom is -0.326 e. The van der Waals surface area contributed by atoms with Crippen LogP contribution in [0.1, 0.15) is 10.6 Å². The molecule has 5 heteroatoms. The molecular formula is C15H14ClN3S. The van der Waals surface area contributed by atoms with Gasteiger partial charge in [0.2, 0.25) is 5.95 Å². The number of nitrogens with one attached hydrogen (secondary N) is 1. The average molecular weight is 304 g/mol. The highest BCUT2D eigenvalue weighted by molar-refractivity contribution is 7.16. The summed E-state index contributed by atoms with van der Waals surface area (Å²) in [4.78, 5) is 5.74. The predicted octanol–water partition coefficient (Wildman–Crippen LogP) is 4.70. The first-order valence-corrected chi connectivity index (χ1v) is 7.50. The number of para-hydroxylation sites is 1. The van der Waals surface area contributed by atoms with E-state index in [0.29, 0.717) is 0 Å². The number of benzene rings is 1. The summed E-state index contributed by atoms with van der Waals surface area (Å²) < 4.78 is 2.92. The van der Waals surface area contributed by atoms with Crippen molar-refractivity contribution in [3.05, 3.63) is 63.6 Å². The van der Waals surface area contributed by atoms with E-state index in [1.54, 1.807) is 11.3 Å². The molecule has 0 radical (unpaired) electrons. The standard InChI is InChI=1S/C15H14ClN3S/c1-11-9-19(10-13-7-8-14(16)20-13)15(17-11)18-12-5-3-2-4-6-12/h2-9H,10H2,1H3,(H,17,18). The lowest BCUT2D eigenvalue weighted by atomic mass is 10.3. The highest BCUT2D eigenvalue weighted by Gasteiger charge is 2.08. The average Bonchev–Trinajstić information content (AvgIpc) is 2.98. The van der Waals surface area contributed by atoms with Crippen molar-refractivity contribution in [2.24, 2.45) is 0 Å². The van der Waals surface area contributed by atoms with Gasteiger partial charge in [0.15, 0.2) is 0 Å². The van der Waals surface area contributed by atoms with Gasteiger partial charge in [-0.25, -0.2) is 4.98 Å². The Hall–Kier alpha value is -1.78. The molecule has 1 aromatic carbocycles. The Morgan fingerprint density at radius 3 is 2.70 bits per heavy atom. The Morgan fingerprint density at radius 2 is 2.00 bits per heavy atom. The van der Waals surface area contributed by atoms with Crippen LogP contribution in [0.5, 0.6) is 0 Å². The van der Waals surface area contributed by atoms with E-state index in [1.165, 1.54) is 4.88 Å². The number of aromatic nitrogens is 2. The van der Waals surface area contributed by atoms with E-state index in [-0.39, 0.29) is 0 Å². The summed E-state index contributed by atoms with van der Waals surface area (Å²) in [5, 5.41) is 3.34. The number of thiophene rings is 1. The Morgan fingerprint density at radius 1 is 1.20 bits per heavy atom. The molecule has 0 amide bonds. The molecule has 0 bridgehead atoms. The first-order chi connectivity index (χ1) is 9.70. The third-order valence-corrected chi connectivity index (χ3v) is 4.10. The van der Waals surface area contributed by atoms with Crippen LogP contribution in [0.25, 0.3) is 0 Å². The molecular weight excluding hydrogens is 290 g/mol. The molecule has 0 spiro atoms. The van der Waals surface area contributed by atoms with Crippen LogP contribution in [-0.4, -0.2) is 9.55 Å². The van der Waals surface area contributed by atoms with Gasteiger partial charge in [0.25, 0.3) is 0 Å². The monoisotopic (exact) mass is 303 g/mol. The maximum absolute atomic E-state index is 5.98. The molecule has 0 atom stereocenters. The smallest absolute Gasteiger partial charge is 0.207 e. The van der Waals surface area contributed by atoms with Crippen LogP contribution in [0.15, 0.2) is 48.7 Å². The van der Waals surface area contributed by atoms with Gasteiger partial charge in [-0.05, 0) is 31.2 Å². The van der Waals surface area contributed by atoms with Gasteiger partial charge >= 0.3 is 0 Å². The fourth-order valence-electron chi connectivity index (χ4n) is 2.02. The van der Waals surface area contributed by atoms with Crippen molar-refractivity contribution in [1.82, 2.24) is 9.55 Å². The number of hydrogen-bond donors (Lipinski definition) is 1. The number of rotatable bonds is 4. The van der Waals surface area contributed by atoms with Crippen LogP contribution >= 0.6 is 22.9 Å². The molecule has 0 aliphatic carbocycles. The van der Waals surface area contributed by atoms with Crippen molar-refractivity contribution in [2.45, 2.75) is 13.5 Å². The molecule has 0 unspecified atom stereocenters. The number of anilines is 2. The van der Waals surface area contributed by atoms with Gasteiger partial charge in [-0.2, -0.15) is 0 Å². The molecule has 0 aliphatic rings. The van der Waals surface area contributed by atoms with Gasteiger partial charge in [0.05, 0.1) is 16.6 Å².